The van der Waals surface area contributed by atoms with Crippen molar-refractivity contribution in [2.24, 2.45) is 0 Å². The molecule has 2 aromatic rings. The van der Waals surface area contributed by atoms with Crippen LogP contribution in [0, 0.1) is 0 Å². The van der Waals surface area contributed by atoms with Gasteiger partial charge >= 0.3 is 0 Å². The molecule has 2 unspecified atom stereocenters. The second kappa shape index (κ2) is 8.70. The quantitative estimate of drug-likeness (QED) is 0.659. The van der Waals surface area contributed by atoms with Crippen LogP contribution in [0.2, 0.25) is 0 Å². The summed E-state index contributed by atoms with van der Waals surface area (Å²) < 4.78 is 5.72. The number of rotatable bonds is 6. The third-order valence-corrected chi connectivity index (χ3v) is 6.59. The summed E-state index contributed by atoms with van der Waals surface area (Å²) in [6.45, 7) is 5.17. The van der Waals surface area contributed by atoms with E-state index in [9.17, 15) is 14.4 Å². The Labute approximate surface area is 180 Å². The predicted octanol–water partition coefficient (Wildman–Crippen LogP) is 3.82. The second-order valence-electron chi connectivity index (χ2n) is 8.10. The Morgan fingerprint density at radius 3 is 2.60 bits per heavy atom. The Bertz CT molecular complexity index is 917. The molecule has 6 nitrogen and oxygen atoms in total. The maximum absolute atomic E-state index is 13.3. The molecule has 7 heteroatoms. The number of carbonyl (C=O) groups excluding carboxylic acids is 3. The molecule has 0 saturated carbocycles. The average molecular weight is 427 g/mol. The Morgan fingerprint density at radius 1 is 1.23 bits per heavy atom. The van der Waals surface area contributed by atoms with E-state index in [4.69, 9.17) is 4.74 Å². The molecule has 0 spiro atoms. The highest BCUT2D eigenvalue weighted by Gasteiger charge is 2.45. The standard InChI is InChI=1S/C23H26N2O4S/c1-15(2)16-7-9-17(10-8-16)25-21(26)13-19(22(25)27)24(14-18-5-3-11-29-18)23(28)20-6-4-12-30-20/h4,6-10,12,15,18-19H,3,5,11,13-14H2,1-2H3. The van der Waals surface area contributed by atoms with Gasteiger partial charge in [-0.3, -0.25) is 14.4 Å². The van der Waals surface area contributed by atoms with Crippen molar-refractivity contribution in [2.75, 3.05) is 18.1 Å². The minimum Gasteiger partial charge on any atom is -0.376 e. The van der Waals surface area contributed by atoms with Crippen LogP contribution in [-0.4, -0.2) is 47.9 Å². The first-order chi connectivity index (χ1) is 14.5. The van der Waals surface area contributed by atoms with Gasteiger partial charge in [0.05, 0.1) is 23.1 Å². The minimum absolute atomic E-state index is 0.00536. The van der Waals surface area contributed by atoms with Gasteiger partial charge in [-0.2, -0.15) is 0 Å². The zero-order valence-corrected chi connectivity index (χ0v) is 18.1. The van der Waals surface area contributed by atoms with Gasteiger partial charge in [-0.15, -0.1) is 11.3 Å². The molecule has 30 heavy (non-hydrogen) atoms. The van der Waals surface area contributed by atoms with Gasteiger partial charge < -0.3 is 9.64 Å². The lowest BCUT2D eigenvalue weighted by atomic mass is 10.0. The van der Waals surface area contributed by atoms with Crippen LogP contribution in [0.4, 0.5) is 5.69 Å². The summed E-state index contributed by atoms with van der Waals surface area (Å²) in [5.74, 6) is -0.482. The molecular weight excluding hydrogens is 400 g/mol. The molecule has 1 aromatic carbocycles. The Morgan fingerprint density at radius 2 is 2.00 bits per heavy atom. The van der Waals surface area contributed by atoms with Gasteiger partial charge in [0.1, 0.15) is 6.04 Å². The summed E-state index contributed by atoms with van der Waals surface area (Å²) in [6, 6.07) is 10.2. The molecule has 0 aliphatic carbocycles. The summed E-state index contributed by atoms with van der Waals surface area (Å²) >= 11 is 1.34. The van der Waals surface area contributed by atoms with Crippen molar-refractivity contribution in [1.82, 2.24) is 4.90 Å². The molecule has 1 aromatic heterocycles. The van der Waals surface area contributed by atoms with Crippen molar-refractivity contribution in [2.45, 2.75) is 51.2 Å². The van der Waals surface area contributed by atoms with Gasteiger partial charge in [-0.1, -0.05) is 32.0 Å². The molecule has 3 heterocycles. The second-order valence-corrected chi connectivity index (χ2v) is 9.05. The molecule has 2 aliphatic rings. The fourth-order valence-electron chi connectivity index (χ4n) is 4.04. The van der Waals surface area contributed by atoms with Crippen molar-refractivity contribution in [3.05, 3.63) is 52.2 Å². The first-order valence-corrected chi connectivity index (χ1v) is 11.3. The molecule has 0 bridgehead atoms. The summed E-state index contributed by atoms with van der Waals surface area (Å²) in [5, 5.41) is 1.84. The summed E-state index contributed by atoms with van der Waals surface area (Å²) in [7, 11) is 0. The number of carbonyl (C=O) groups is 3. The molecule has 0 N–H and O–H groups in total. The summed E-state index contributed by atoms with van der Waals surface area (Å²) in [6.07, 6.45) is 1.69. The lowest BCUT2D eigenvalue weighted by Gasteiger charge is -2.29. The smallest absolute Gasteiger partial charge is 0.264 e. The van der Waals surface area contributed by atoms with Crippen LogP contribution >= 0.6 is 11.3 Å². The maximum Gasteiger partial charge on any atom is 0.264 e. The molecule has 2 fully saturated rings. The van der Waals surface area contributed by atoms with Crippen molar-refractivity contribution in [3.63, 3.8) is 0 Å². The van der Waals surface area contributed by atoms with Gasteiger partial charge in [-0.05, 0) is 47.9 Å². The normalized spacial score (nSPS) is 21.6. The fraction of sp³-hybridized carbons (Fsp3) is 0.435. The van der Waals surface area contributed by atoms with E-state index in [0.717, 1.165) is 18.4 Å². The molecule has 2 aliphatic heterocycles. The Hall–Kier alpha value is -2.51. The molecule has 2 atom stereocenters. The van der Waals surface area contributed by atoms with E-state index in [2.05, 4.69) is 13.8 Å². The van der Waals surface area contributed by atoms with Gasteiger partial charge in [0, 0.05) is 13.2 Å². The molecular formula is C23H26N2O4S. The van der Waals surface area contributed by atoms with Gasteiger partial charge in [0.15, 0.2) is 0 Å². The van der Waals surface area contributed by atoms with E-state index in [-0.39, 0.29) is 30.2 Å². The predicted molar refractivity (Wildman–Crippen MR) is 116 cm³/mol. The topological polar surface area (TPSA) is 66.9 Å². The number of amides is 3. The van der Waals surface area contributed by atoms with Crippen molar-refractivity contribution in [3.8, 4) is 0 Å². The van der Waals surface area contributed by atoms with Crippen LogP contribution < -0.4 is 4.90 Å². The molecule has 0 radical (unpaired) electrons. The maximum atomic E-state index is 13.3. The minimum atomic E-state index is -0.805. The molecule has 4 rings (SSSR count). The summed E-state index contributed by atoms with van der Waals surface area (Å²) in [4.78, 5) is 42.6. The molecule has 158 valence electrons. The molecule has 3 amide bonds. The van der Waals surface area contributed by atoms with Crippen LogP contribution in [0.15, 0.2) is 41.8 Å². The number of hydrogen-bond acceptors (Lipinski definition) is 5. The number of benzene rings is 1. The number of ether oxygens (including phenoxy) is 1. The van der Waals surface area contributed by atoms with Crippen molar-refractivity contribution < 1.29 is 19.1 Å². The SMILES string of the molecule is CC(C)c1ccc(N2C(=O)CC(N(CC3CCCO3)C(=O)c3cccs3)C2=O)cc1. The highest BCUT2D eigenvalue weighted by atomic mass is 32.1. The highest BCUT2D eigenvalue weighted by molar-refractivity contribution is 7.12. The monoisotopic (exact) mass is 426 g/mol. The van der Waals surface area contributed by atoms with Crippen molar-refractivity contribution in [1.29, 1.82) is 0 Å². The lowest BCUT2D eigenvalue weighted by Crippen LogP contribution is -2.48. The number of anilines is 1. The van der Waals surface area contributed by atoms with E-state index in [1.54, 1.807) is 23.1 Å². The molecule has 2 saturated heterocycles. The average Bonchev–Trinajstić information content (AvgIpc) is 3.48. The summed E-state index contributed by atoms with van der Waals surface area (Å²) in [5.41, 5.74) is 1.69. The van der Waals surface area contributed by atoms with E-state index in [0.29, 0.717) is 29.6 Å². The fourth-order valence-corrected chi connectivity index (χ4v) is 4.72. The number of hydrogen-bond donors (Lipinski definition) is 0. The van der Waals surface area contributed by atoms with Crippen LogP contribution in [0.1, 0.15) is 54.3 Å². The van der Waals surface area contributed by atoms with Crippen molar-refractivity contribution >= 4 is 34.7 Å². The van der Waals surface area contributed by atoms with E-state index < -0.39 is 6.04 Å². The lowest BCUT2D eigenvalue weighted by molar-refractivity contribution is -0.122. The zero-order chi connectivity index (χ0) is 21.3. The first kappa shape index (κ1) is 20.8. The largest absolute Gasteiger partial charge is 0.376 e. The van der Waals surface area contributed by atoms with Crippen LogP contribution in [-0.2, 0) is 14.3 Å². The van der Waals surface area contributed by atoms with E-state index in [1.165, 1.54) is 16.2 Å². The Balaban J connectivity index is 1.60. The van der Waals surface area contributed by atoms with Crippen LogP contribution in [0.3, 0.4) is 0 Å². The number of imide groups is 1. The van der Waals surface area contributed by atoms with Crippen LogP contribution in [0.25, 0.3) is 0 Å². The third-order valence-electron chi connectivity index (χ3n) is 5.73. The first-order valence-electron chi connectivity index (χ1n) is 10.4. The van der Waals surface area contributed by atoms with E-state index in [1.807, 2.05) is 23.6 Å². The Kier molecular flexibility index (Phi) is 6.01. The van der Waals surface area contributed by atoms with E-state index >= 15 is 0 Å². The number of thiophene rings is 1. The van der Waals surface area contributed by atoms with Gasteiger partial charge in [-0.25, -0.2) is 4.90 Å². The van der Waals surface area contributed by atoms with Crippen LogP contribution in [0.5, 0.6) is 0 Å². The highest BCUT2D eigenvalue weighted by Crippen LogP contribution is 2.29. The van der Waals surface area contributed by atoms with Gasteiger partial charge in [0.2, 0.25) is 5.91 Å². The third kappa shape index (κ3) is 4.04. The van der Waals surface area contributed by atoms with Gasteiger partial charge in [0.25, 0.3) is 11.8 Å². The number of nitrogens with zero attached hydrogens (tertiary/aromatic N) is 2. The zero-order valence-electron chi connectivity index (χ0n) is 17.2.